The SMILES string of the molecule is COc1ccsc1C(=O)NCC(O)C(=O)O. The maximum atomic E-state index is 11.5. The summed E-state index contributed by atoms with van der Waals surface area (Å²) < 4.78 is 4.93. The molecule has 88 valence electrons. The number of aliphatic hydroxyl groups is 1. The van der Waals surface area contributed by atoms with Crippen molar-refractivity contribution in [3.63, 3.8) is 0 Å². The Morgan fingerprint density at radius 2 is 2.31 bits per heavy atom. The number of nitrogens with one attached hydrogen (secondary N) is 1. The monoisotopic (exact) mass is 245 g/mol. The van der Waals surface area contributed by atoms with E-state index in [1.54, 1.807) is 11.4 Å². The van der Waals surface area contributed by atoms with Crippen molar-refractivity contribution in [1.82, 2.24) is 5.32 Å². The molecule has 7 heteroatoms. The molecule has 1 atom stereocenters. The second-order valence-corrected chi connectivity index (χ2v) is 3.80. The van der Waals surface area contributed by atoms with Gasteiger partial charge in [0.1, 0.15) is 10.6 Å². The fourth-order valence-electron chi connectivity index (χ4n) is 0.981. The van der Waals surface area contributed by atoms with Crippen LogP contribution < -0.4 is 10.1 Å². The van der Waals surface area contributed by atoms with E-state index < -0.39 is 18.0 Å². The summed E-state index contributed by atoms with van der Waals surface area (Å²) in [4.78, 5) is 22.2. The Morgan fingerprint density at radius 3 is 2.88 bits per heavy atom. The van der Waals surface area contributed by atoms with Crippen molar-refractivity contribution in [1.29, 1.82) is 0 Å². The van der Waals surface area contributed by atoms with Crippen LogP contribution in [-0.4, -0.2) is 41.8 Å². The highest BCUT2D eigenvalue weighted by Crippen LogP contribution is 2.23. The van der Waals surface area contributed by atoms with Crippen molar-refractivity contribution in [3.05, 3.63) is 16.3 Å². The normalized spacial score (nSPS) is 11.9. The Bertz CT molecular complexity index is 389. The molecule has 3 N–H and O–H groups in total. The summed E-state index contributed by atoms with van der Waals surface area (Å²) in [5, 5.41) is 21.3. The molecule has 16 heavy (non-hydrogen) atoms. The zero-order valence-corrected chi connectivity index (χ0v) is 9.28. The van der Waals surface area contributed by atoms with Gasteiger partial charge in [-0.3, -0.25) is 4.79 Å². The molecule has 0 fully saturated rings. The van der Waals surface area contributed by atoms with Crippen LogP contribution in [0.25, 0.3) is 0 Å². The molecular formula is C9H11NO5S. The largest absolute Gasteiger partial charge is 0.495 e. The van der Waals surface area contributed by atoms with E-state index in [-0.39, 0.29) is 6.54 Å². The summed E-state index contributed by atoms with van der Waals surface area (Å²) in [6, 6.07) is 1.63. The number of aliphatic hydroxyl groups excluding tert-OH is 1. The first-order valence-electron chi connectivity index (χ1n) is 4.36. The number of carbonyl (C=O) groups is 2. The van der Waals surface area contributed by atoms with Gasteiger partial charge in [-0.2, -0.15) is 0 Å². The third-order valence-corrected chi connectivity index (χ3v) is 2.69. The van der Waals surface area contributed by atoms with Gasteiger partial charge in [0, 0.05) is 0 Å². The molecule has 0 radical (unpaired) electrons. The number of methoxy groups -OCH3 is 1. The lowest BCUT2D eigenvalue weighted by Crippen LogP contribution is -2.36. The lowest BCUT2D eigenvalue weighted by atomic mass is 10.3. The zero-order chi connectivity index (χ0) is 12.1. The van der Waals surface area contributed by atoms with Gasteiger partial charge in [0.2, 0.25) is 0 Å². The molecule has 0 saturated carbocycles. The van der Waals surface area contributed by atoms with Crippen LogP contribution in [0.2, 0.25) is 0 Å². The van der Waals surface area contributed by atoms with Crippen LogP contribution in [0.5, 0.6) is 5.75 Å². The number of amides is 1. The fourth-order valence-corrected chi connectivity index (χ4v) is 1.76. The number of hydrogen-bond acceptors (Lipinski definition) is 5. The highest BCUT2D eigenvalue weighted by molar-refractivity contribution is 7.12. The summed E-state index contributed by atoms with van der Waals surface area (Å²) in [6.07, 6.45) is -1.60. The molecule has 1 aromatic heterocycles. The average Bonchev–Trinajstić information content (AvgIpc) is 2.73. The zero-order valence-electron chi connectivity index (χ0n) is 8.47. The van der Waals surface area contributed by atoms with Gasteiger partial charge in [0.05, 0.1) is 13.7 Å². The molecule has 1 heterocycles. The van der Waals surface area contributed by atoms with Crippen LogP contribution in [0.4, 0.5) is 0 Å². The Hall–Kier alpha value is -1.60. The van der Waals surface area contributed by atoms with Crippen LogP contribution in [0, 0.1) is 0 Å². The second-order valence-electron chi connectivity index (χ2n) is 2.88. The van der Waals surface area contributed by atoms with Crippen LogP contribution in [0.15, 0.2) is 11.4 Å². The van der Waals surface area contributed by atoms with Crippen molar-refractivity contribution in [2.24, 2.45) is 0 Å². The van der Waals surface area contributed by atoms with Crippen molar-refractivity contribution in [2.45, 2.75) is 6.10 Å². The number of carbonyl (C=O) groups excluding carboxylic acids is 1. The van der Waals surface area contributed by atoms with E-state index in [0.29, 0.717) is 10.6 Å². The molecule has 0 aliphatic carbocycles. The van der Waals surface area contributed by atoms with Gasteiger partial charge in [0.25, 0.3) is 5.91 Å². The highest BCUT2D eigenvalue weighted by Gasteiger charge is 2.17. The predicted octanol–water partition coefficient (Wildman–Crippen LogP) is -0.0680. The lowest BCUT2D eigenvalue weighted by molar-refractivity contribution is -0.146. The Labute approximate surface area is 95.5 Å². The van der Waals surface area contributed by atoms with Gasteiger partial charge in [-0.1, -0.05) is 0 Å². The Balaban J connectivity index is 2.56. The van der Waals surface area contributed by atoms with Crippen LogP contribution in [0.3, 0.4) is 0 Å². The first kappa shape index (κ1) is 12.5. The van der Waals surface area contributed by atoms with E-state index in [0.717, 1.165) is 0 Å². The van der Waals surface area contributed by atoms with Gasteiger partial charge >= 0.3 is 5.97 Å². The molecular weight excluding hydrogens is 234 g/mol. The molecule has 1 amide bonds. The van der Waals surface area contributed by atoms with E-state index in [2.05, 4.69) is 5.32 Å². The van der Waals surface area contributed by atoms with Crippen molar-refractivity contribution >= 4 is 23.2 Å². The lowest BCUT2D eigenvalue weighted by Gasteiger charge is -2.07. The summed E-state index contributed by atoms with van der Waals surface area (Å²) >= 11 is 1.18. The third-order valence-electron chi connectivity index (χ3n) is 1.80. The Kier molecular flexibility index (Phi) is 4.27. The van der Waals surface area contributed by atoms with E-state index in [1.165, 1.54) is 18.4 Å². The predicted molar refractivity (Wildman–Crippen MR) is 56.8 cm³/mol. The molecule has 1 unspecified atom stereocenters. The fraction of sp³-hybridized carbons (Fsp3) is 0.333. The van der Waals surface area contributed by atoms with Crippen molar-refractivity contribution < 1.29 is 24.5 Å². The van der Waals surface area contributed by atoms with Crippen LogP contribution in [0.1, 0.15) is 9.67 Å². The first-order valence-corrected chi connectivity index (χ1v) is 5.24. The standard InChI is InChI=1S/C9H11NO5S/c1-15-6-2-3-16-7(6)8(12)10-4-5(11)9(13)14/h2-3,5,11H,4H2,1H3,(H,10,12)(H,13,14). The smallest absolute Gasteiger partial charge is 0.334 e. The quantitative estimate of drug-likeness (QED) is 0.675. The second kappa shape index (κ2) is 5.47. The Morgan fingerprint density at radius 1 is 1.62 bits per heavy atom. The van der Waals surface area contributed by atoms with Gasteiger partial charge < -0.3 is 20.3 Å². The molecule has 1 rings (SSSR count). The first-order chi connectivity index (χ1) is 7.56. The van der Waals surface area contributed by atoms with E-state index in [9.17, 15) is 9.59 Å². The topological polar surface area (TPSA) is 95.9 Å². The summed E-state index contributed by atoms with van der Waals surface area (Å²) in [7, 11) is 1.44. The maximum absolute atomic E-state index is 11.5. The van der Waals surface area contributed by atoms with Gasteiger partial charge in [-0.05, 0) is 11.4 Å². The number of ether oxygens (including phenoxy) is 1. The minimum Gasteiger partial charge on any atom is -0.495 e. The summed E-state index contributed by atoms with van der Waals surface area (Å²) in [5.41, 5.74) is 0. The number of hydrogen-bond donors (Lipinski definition) is 3. The van der Waals surface area contributed by atoms with Crippen molar-refractivity contribution in [2.75, 3.05) is 13.7 Å². The summed E-state index contributed by atoms with van der Waals surface area (Å²) in [5.74, 6) is -1.42. The summed E-state index contributed by atoms with van der Waals surface area (Å²) in [6.45, 7) is -0.338. The molecule has 0 spiro atoms. The van der Waals surface area contributed by atoms with E-state index in [1.807, 2.05) is 0 Å². The minimum absolute atomic E-state index is 0.338. The molecule has 0 aliphatic rings. The van der Waals surface area contributed by atoms with Crippen LogP contribution in [-0.2, 0) is 4.79 Å². The number of aliphatic carboxylic acids is 1. The van der Waals surface area contributed by atoms with Gasteiger partial charge in [-0.25, -0.2) is 4.79 Å². The van der Waals surface area contributed by atoms with Crippen molar-refractivity contribution in [3.8, 4) is 5.75 Å². The molecule has 0 aromatic carbocycles. The molecule has 0 saturated heterocycles. The van der Waals surface area contributed by atoms with Crippen LogP contribution >= 0.6 is 11.3 Å². The van der Waals surface area contributed by atoms with E-state index >= 15 is 0 Å². The highest BCUT2D eigenvalue weighted by atomic mass is 32.1. The number of carboxylic acid groups (broad SMARTS) is 1. The third kappa shape index (κ3) is 2.94. The van der Waals surface area contributed by atoms with Gasteiger partial charge in [0.15, 0.2) is 6.10 Å². The average molecular weight is 245 g/mol. The number of carboxylic acids is 1. The van der Waals surface area contributed by atoms with E-state index in [4.69, 9.17) is 14.9 Å². The number of rotatable bonds is 5. The van der Waals surface area contributed by atoms with Gasteiger partial charge in [-0.15, -0.1) is 11.3 Å². The maximum Gasteiger partial charge on any atom is 0.334 e. The molecule has 0 aliphatic heterocycles. The minimum atomic E-state index is -1.60. The molecule has 6 nitrogen and oxygen atoms in total. The molecule has 0 bridgehead atoms. The number of thiophene rings is 1. The molecule has 1 aromatic rings.